The van der Waals surface area contributed by atoms with Gasteiger partial charge in [-0.1, -0.05) is 44.9 Å². The van der Waals surface area contributed by atoms with Gasteiger partial charge in [0.2, 0.25) is 0 Å². The third kappa shape index (κ3) is 7.24. The van der Waals surface area contributed by atoms with E-state index in [9.17, 15) is 0 Å². The molecular formula is C14H29N. The Morgan fingerprint density at radius 2 is 1.87 bits per heavy atom. The minimum Gasteiger partial charge on any atom is -0.405 e. The van der Waals surface area contributed by atoms with Crippen LogP contribution in [0.5, 0.6) is 0 Å². The largest absolute Gasteiger partial charge is 0.405 e. The van der Waals surface area contributed by atoms with Gasteiger partial charge < -0.3 is 5.73 Å². The summed E-state index contributed by atoms with van der Waals surface area (Å²) in [6.45, 7) is 12.3. The highest BCUT2D eigenvalue weighted by molar-refractivity contribution is 5.11. The van der Waals surface area contributed by atoms with Crippen LogP contribution >= 0.6 is 0 Å². The topological polar surface area (TPSA) is 26.0 Å². The highest BCUT2D eigenvalue weighted by atomic mass is 14.5. The van der Waals surface area contributed by atoms with E-state index in [2.05, 4.69) is 19.9 Å². The molecule has 1 atom stereocenters. The Morgan fingerprint density at radius 1 is 1.33 bits per heavy atom. The fourth-order valence-corrected chi connectivity index (χ4v) is 1.51. The first kappa shape index (κ1) is 16.7. The fraction of sp³-hybridized carbons (Fsp3) is 0.714. The summed E-state index contributed by atoms with van der Waals surface area (Å²) in [5.74, 6) is 0.712. The van der Waals surface area contributed by atoms with Gasteiger partial charge in [-0.05, 0) is 45.2 Å². The number of hydrogen-bond donors (Lipinski definition) is 1. The summed E-state index contributed by atoms with van der Waals surface area (Å²) in [4.78, 5) is 0. The average Bonchev–Trinajstić information content (AvgIpc) is 2.34. The molecule has 0 radical (unpaired) electrons. The SMILES string of the molecule is CC.CC.CC1=CCC(/C(C)=C/N)CC1. The highest BCUT2D eigenvalue weighted by Gasteiger charge is 2.13. The van der Waals surface area contributed by atoms with Crippen LogP contribution in [-0.2, 0) is 0 Å². The van der Waals surface area contributed by atoms with E-state index in [0.29, 0.717) is 5.92 Å². The van der Waals surface area contributed by atoms with Gasteiger partial charge in [0.15, 0.2) is 0 Å². The van der Waals surface area contributed by atoms with Gasteiger partial charge in [-0.15, -0.1) is 0 Å². The van der Waals surface area contributed by atoms with Crippen LogP contribution in [0.1, 0.15) is 60.8 Å². The van der Waals surface area contributed by atoms with E-state index in [0.717, 1.165) is 0 Å². The van der Waals surface area contributed by atoms with Crippen LogP contribution in [0.4, 0.5) is 0 Å². The summed E-state index contributed by atoms with van der Waals surface area (Å²) in [7, 11) is 0. The first-order valence-corrected chi connectivity index (χ1v) is 6.28. The number of allylic oxidation sites excluding steroid dienone is 3. The van der Waals surface area contributed by atoms with E-state index in [-0.39, 0.29) is 0 Å². The van der Waals surface area contributed by atoms with Gasteiger partial charge in [-0.25, -0.2) is 0 Å². The molecule has 90 valence electrons. The van der Waals surface area contributed by atoms with Crippen LogP contribution in [0.15, 0.2) is 23.4 Å². The molecule has 0 aromatic carbocycles. The molecular weight excluding hydrogens is 182 g/mol. The molecule has 0 aromatic heterocycles. The average molecular weight is 211 g/mol. The minimum atomic E-state index is 0.712. The lowest BCUT2D eigenvalue weighted by Gasteiger charge is -2.20. The van der Waals surface area contributed by atoms with Gasteiger partial charge in [-0.3, -0.25) is 0 Å². The van der Waals surface area contributed by atoms with Crippen molar-refractivity contribution < 1.29 is 0 Å². The van der Waals surface area contributed by atoms with Crippen molar-refractivity contribution in [2.45, 2.75) is 60.8 Å². The van der Waals surface area contributed by atoms with E-state index in [1.807, 2.05) is 27.7 Å². The summed E-state index contributed by atoms with van der Waals surface area (Å²) in [5.41, 5.74) is 8.33. The first-order chi connectivity index (χ1) is 7.24. The monoisotopic (exact) mass is 211 g/mol. The highest BCUT2D eigenvalue weighted by Crippen LogP contribution is 2.27. The van der Waals surface area contributed by atoms with Gasteiger partial charge in [0, 0.05) is 0 Å². The predicted molar refractivity (Wildman–Crippen MR) is 71.7 cm³/mol. The zero-order valence-corrected chi connectivity index (χ0v) is 11.4. The standard InChI is InChI=1S/C10H17N.2C2H6/c1-8-3-5-10(6-4-8)9(2)7-11;2*1-2/h3,7,10H,4-6,11H2,1-2H3;2*1-2H3/b9-7+;;. The Morgan fingerprint density at radius 3 is 2.20 bits per heavy atom. The molecule has 1 heteroatoms. The van der Waals surface area contributed by atoms with Crippen molar-refractivity contribution in [1.82, 2.24) is 0 Å². The molecule has 0 bridgehead atoms. The summed E-state index contributed by atoms with van der Waals surface area (Å²) in [6, 6.07) is 0. The van der Waals surface area contributed by atoms with Crippen molar-refractivity contribution >= 4 is 0 Å². The maximum atomic E-state index is 5.45. The molecule has 1 aliphatic carbocycles. The van der Waals surface area contributed by atoms with Gasteiger partial charge in [0.1, 0.15) is 0 Å². The summed E-state index contributed by atoms with van der Waals surface area (Å²) < 4.78 is 0. The fourth-order valence-electron chi connectivity index (χ4n) is 1.51. The van der Waals surface area contributed by atoms with Crippen LogP contribution in [0.2, 0.25) is 0 Å². The van der Waals surface area contributed by atoms with Crippen molar-refractivity contribution in [3.05, 3.63) is 23.4 Å². The second-order valence-electron chi connectivity index (χ2n) is 3.43. The Bertz CT molecular complexity index is 190. The lowest BCUT2D eigenvalue weighted by Crippen LogP contribution is -2.07. The Labute approximate surface area is 96.5 Å². The third-order valence-corrected chi connectivity index (χ3v) is 2.54. The second kappa shape index (κ2) is 11.4. The molecule has 0 aliphatic heterocycles. The van der Waals surface area contributed by atoms with Crippen LogP contribution in [0, 0.1) is 5.92 Å². The number of rotatable bonds is 1. The minimum absolute atomic E-state index is 0.712. The van der Waals surface area contributed by atoms with Crippen molar-refractivity contribution in [2.24, 2.45) is 11.7 Å². The molecule has 0 amide bonds. The van der Waals surface area contributed by atoms with E-state index in [4.69, 9.17) is 5.73 Å². The van der Waals surface area contributed by atoms with Gasteiger partial charge in [-0.2, -0.15) is 0 Å². The molecule has 15 heavy (non-hydrogen) atoms. The maximum Gasteiger partial charge on any atom is -0.00703 e. The van der Waals surface area contributed by atoms with Crippen molar-refractivity contribution in [3.8, 4) is 0 Å². The zero-order valence-electron chi connectivity index (χ0n) is 11.4. The predicted octanol–water partition coefficient (Wildman–Crippen LogP) is 4.65. The molecule has 0 fully saturated rings. The molecule has 1 rings (SSSR count). The number of nitrogens with two attached hydrogens (primary N) is 1. The Hall–Kier alpha value is -0.720. The molecule has 0 saturated heterocycles. The Kier molecular flexibility index (Phi) is 12.6. The van der Waals surface area contributed by atoms with Gasteiger partial charge in [0.25, 0.3) is 0 Å². The number of hydrogen-bond acceptors (Lipinski definition) is 1. The first-order valence-electron chi connectivity index (χ1n) is 6.28. The van der Waals surface area contributed by atoms with E-state index < -0.39 is 0 Å². The molecule has 0 spiro atoms. The van der Waals surface area contributed by atoms with Crippen LogP contribution in [-0.4, -0.2) is 0 Å². The van der Waals surface area contributed by atoms with Crippen molar-refractivity contribution in [3.63, 3.8) is 0 Å². The van der Waals surface area contributed by atoms with Crippen molar-refractivity contribution in [2.75, 3.05) is 0 Å². The third-order valence-electron chi connectivity index (χ3n) is 2.54. The summed E-state index contributed by atoms with van der Waals surface area (Å²) in [5, 5.41) is 0. The zero-order chi connectivity index (χ0) is 12.3. The van der Waals surface area contributed by atoms with E-state index in [1.54, 1.807) is 6.20 Å². The molecule has 0 aromatic rings. The quantitative estimate of drug-likeness (QED) is 0.628. The van der Waals surface area contributed by atoms with E-state index >= 15 is 0 Å². The maximum absolute atomic E-state index is 5.45. The van der Waals surface area contributed by atoms with Gasteiger partial charge >= 0.3 is 0 Å². The Balaban J connectivity index is 0. The van der Waals surface area contributed by atoms with Crippen molar-refractivity contribution in [1.29, 1.82) is 0 Å². The molecule has 0 heterocycles. The molecule has 2 N–H and O–H groups in total. The molecule has 1 nitrogen and oxygen atoms in total. The normalized spacial score (nSPS) is 20.3. The second-order valence-corrected chi connectivity index (χ2v) is 3.43. The smallest absolute Gasteiger partial charge is 0.00703 e. The summed E-state index contributed by atoms with van der Waals surface area (Å²) in [6.07, 6.45) is 7.80. The lowest BCUT2D eigenvalue weighted by atomic mass is 9.86. The summed E-state index contributed by atoms with van der Waals surface area (Å²) >= 11 is 0. The van der Waals surface area contributed by atoms with E-state index in [1.165, 1.54) is 30.4 Å². The van der Waals surface area contributed by atoms with Crippen LogP contribution in [0.25, 0.3) is 0 Å². The molecule has 0 saturated carbocycles. The van der Waals surface area contributed by atoms with Crippen LogP contribution in [0.3, 0.4) is 0 Å². The molecule has 1 unspecified atom stereocenters. The van der Waals surface area contributed by atoms with Gasteiger partial charge in [0.05, 0.1) is 0 Å². The molecule has 1 aliphatic rings. The lowest BCUT2D eigenvalue weighted by molar-refractivity contribution is 0.538. The van der Waals surface area contributed by atoms with Crippen LogP contribution < -0.4 is 5.73 Å².